The van der Waals surface area contributed by atoms with Gasteiger partial charge in [-0.15, -0.1) is 0 Å². The summed E-state index contributed by atoms with van der Waals surface area (Å²) < 4.78 is 35.1. The maximum Gasteiger partial charge on any atom is 0.175 e. The van der Waals surface area contributed by atoms with E-state index in [1.807, 2.05) is 0 Å². The zero-order valence-electron chi connectivity index (χ0n) is 11.2. The lowest BCUT2D eigenvalue weighted by Gasteiger charge is -2.08. The molecule has 2 aromatic carbocycles. The van der Waals surface area contributed by atoms with Crippen molar-refractivity contribution < 1.29 is 12.6 Å². The van der Waals surface area contributed by atoms with Gasteiger partial charge in [-0.1, -0.05) is 17.7 Å². The van der Waals surface area contributed by atoms with Crippen LogP contribution >= 0.6 is 11.6 Å². The Bertz CT molecular complexity index is 766. The van der Waals surface area contributed by atoms with Gasteiger partial charge < -0.3 is 5.73 Å². The molecule has 1 unspecified atom stereocenters. The molecule has 0 heterocycles. The highest BCUT2D eigenvalue weighted by molar-refractivity contribution is 7.90. The number of rotatable bonds is 4. The molecule has 0 aromatic heterocycles. The largest absolute Gasteiger partial charge is 0.398 e. The van der Waals surface area contributed by atoms with Crippen LogP contribution in [0.3, 0.4) is 0 Å². The minimum absolute atomic E-state index is 0.184. The lowest BCUT2D eigenvalue weighted by Crippen LogP contribution is -2.02. The fraction of sp³-hybridized carbons (Fsp3) is 0.143. The van der Waals surface area contributed by atoms with E-state index < -0.39 is 20.6 Å². The van der Waals surface area contributed by atoms with Gasteiger partial charge in [0.2, 0.25) is 0 Å². The van der Waals surface area contributed by atoms with E-state index in [0.29, 0.717) is 21.2 Å². The van der Waals surface area contributed by atoms with Crippen molar-refractivity contribution in [3.63, 3.8) is 0 Å². The van der Waals surface area contributed by atoms with Crippen LogP contribution in [0, 0.1) is 0 Å². The van der Waals surface area contributed by atoms with Crippen LogP contribution in [0.25, 0.3) is 0 Å². The molecule has 2 rings (SSSR count). The van der Waals surface area contributed by atoms with Gasteiger partial charge in [-0.25, -0.2) is 8.42 Å². The SMILES string of the molecule is CS(=O)(=O)c1ccc(S(=O)Cc2c(N)cccc2Cl)cc1. The number of hydrogen-bond acceptors (Lipinski definition) is 4. The molecule has 2 aromatic rings. The van der Waals surface area contributed by atoms with Crippen LogP contribution < -0.4 is 5.73 Å². The van der Waals surface area contributed by atoms with E-state index >= 15 is 0 Å². The van der Waals surface area contributed by atoms with Crippen molar-refractivity contribution in [1.29, 1.82) is 0 Å². The fourth-order valence-electron chi connectivity index (χ4n) is 1.78. The molecular formula is C14H14ClNO3S2. The molecule has 0 spiro atoms. The Kier molecular flexibility index (Phi) is 4.70. The van der Waals surface area contributed by atoms with Crippen LogP contribution in [-0.4, -0.2) is 18.9 Å². The van der Waals surface area contributed by atoms with Crippen LogP contribution in [0.2, 0.25) is 5.02 Å². The van der Waals surface area contributed by atoms with E-state index in [0.717, 1.165) is 6.26 Å². The summed E-state index contributed by atoms with van der Waals surface area (Å²) in [6, 6.07) is 11.1. The molecule has 7 heteroatoms. The molecule has 0 aliphatic rings. The maximum atomic E-state index is 12.3. The van der Waals surface area contributed by atoms with E-state index in [-0.39, 0.29) is 10.6 Å². The van der Waals surface area contributed by atoms with Gasteiger partial charge in [-0.2, -0.15) is 0 Å². The van der Waals surface area contributed by atoms with E-state index in [1.165, 1.54) is 12.1 Å². The molecule has 1 atom stereocenters. The Hall–Kier alpha value is -1.37. The molecule has 0 radical (unpaired) electrons. The van der Waals surface area contributed by atoms with Crippen LogP contribution in [0.5, 0.6) is 0 Å². The number of anilines is 1. The Morgan fingerprint density at radius 2 is 1.76 bits per heavy atom. The molecule has 2 N–H and O–H groups in total. The standard InChI is InChI=1S/C14H14ClNO3S2/c1-21(18,19)11-7-5-10(6-8-11)20(17)9-12-13(15)3-2-4-14(12)16/h2-8H,9,16H2,1H3. The summed E-state index contributed by atoms with van der Waals surface area (Å²) in [5, 5.41) is 0.469. The summed E-state index contributed by atoms with van der Waals surface area (Å²) in [5.74, 6) is 0.184. The average Bonchev–Trinajstić information content (AvgIpc) is 2.42. The van der Waals surface area contributed by atoms with Crippen LogP contribution in [0.4, 0.5) is 5.69 Å². The number of nitrogens with two attached hydrogens (primary N) is 1. The highest BCUT2D eigenvalue weighted by Gasteiger charge is 2.12. The predicted molar refractivity (Wildman–Crippen MR) is 85.5 cm³/mol. The maximum absolute atomic E-state index is 12.3. The molecule has 0 fully saturated rings. The quantitative estimate of drug-likeness (QED) is 0.866. The predicted octanol–water partition coefficient (Wildman–Crippen LogP) is 2.63. The van der Waals surface area contributed by atoms with Crippen molar-refractivity contribution in [3.8, 4) is 0 Å². The van der Waals surface area contributed by atoms with Gasteiger partial charge >= 0.3 is 0 Å². The van der Waals surface area contributed by atoms with Crippen LogP contribution in [0.1, 0.15) is 5.56 Å². The molecule has 0 aliphatic heterocycles. The summed E-state index contributed by atoms with van der Waals surface area (Å²) in [5.41, 5.74) is 6.95. The first-order valence-electron chi connectivity index (χ1n) is 6.00. The van der Waals surface area contributed by atoms with Gasteiger partial charge in [-0.05, 0) is 36.4 Å². The van der Waals surface area contributed by atoms with E-state index in [9.17, 15) is 12.6 Å². The average molecular weight is 344 g/mol. The van der Waals surface area contributed by atoms with Crippen molar-refractivity contribution in [2.45, 2.75) is 15.5 Å². The second-order valence-corrected chi connectivity index (χ2v) is 8.42. The normalized spacial score (nSPS) is 13.0. The molecule has 0 bridgehead atoms. The van der Waals surface area contributed by atoms with Gasteiger partial charge in [-0.3, -0.25) is 4.21 Å². The molecule has 21 heavy (non-hydrogen) atoms. The number of sulfone groups is 1. The number of halogens is 1. The highest BCUT2D eigenvalue weighted by Crippen LogP contribution is 2.25. The summed E-state index contributed by atoms with van der Waals surface area (Å²) in [7, 11) is -4.61. The Balaban J connectivity index is 2.25. The smallest absolute Gasteiger partial charge is 0.175 e. The Labute approximate surface area is 131 Å². The third-order valence-electron chi connectivity index (χ3n) is 2.95. The minimum atomic E-state index is -3.26. The third kappa shape index (κ3) is 3.84. The second kappa shape index (κ2) is 6.17. The summed E-state index contributed by atoms with van der Waals surface area (Å²) in [6.45, 7) is 0. The molecule has 4 nitrogen and oxygen atoms in total. The first-order chi connectivity index (χ1) is 9.79. The first kappa shape index (κ1) is 16.0. The van der Waals surface area contributed by atoms with Crippen molar-refractivity contribution in [2.24, 2.45) is 0 Å². The van der Waals surface area contributed by atoms with E-state index in [1.54, 1.807) is 30.3 Å². The number of hydrogen-bond donors (Lipinski definition) is 1. The fourth-order valence-corrected chi connectivity index (χ4v) is 3.93. The van der Waals surface area contributed by atoms with Crippen molar-refractivity contribution >= 4 is 37.9 Å². The number of benzene rings is 2. The summed E-state index contributed by atoms with van der Waals surface area (Å²) in [6.07, 6.45) is 1.13. The lowest BCUT2D eigenvalue weighted by molar-refractivity contribution is 0.601. The topological polar surface area (TPSA) is 77.2 Å². The van der Waals surface area contributed by atoms with Gasteiger partial charge in [0, 0.05) is 27.4 Å². The molecule has 0 saturated carbocycles. The van der Waals surface area contributed by atoms with Gasteiger partial charge in [0.05, 0.1) is 21.4 Å². The summed E-state index contributed by atoms with van der Waals surface area (Å²) in [4.78, 5) is 0.724. The van der Waals surface area contributed by atoms with Crippen molar-refractivity contribution in [3.05, 3.63) is 53.1 Å². The molecule has 0 aliphatic carbocycles. The molecule has 0 saturated heterocycles. The van der Waals surface area contributed by atoms with E-state index in [4.69, 9.17) is 17.3 Å². The monoisotopic (exact) mass is 343 g/mol. The minimum Gasteiger partial charge on any atom is -0.398 e. The zero-order valence-corrected chi connectivity index (χ0v) is 13.6. The second-order valence-electron chi connectivity index (χ2n) is 4.54. The summed E-state index contributed by atoms with van der Waals surface area (Å²) >= 11 is 6.05. The number of nitrogen functional groups attached to an aromatic ring is 1. The van der Waals surface area contributed by atoms with Gasteiger partial charge in [0.1, 0.15) is 0 Å². The Morgan fingerprint density at radius 1 is 1.14 bits per heavy atom. The van der Waals surface area contributed by atoms with Crippen molar-refractivity contribution in [2.75, 3.05) is 12.0 Å². The van der Waals surface area contributed by atoms with Crippen LogP contribution in [0.15, 0.2) is 52.3 Å². The molecular weight excluding hydrogens is 330 g/mol. The molecule has 112 valence electrons. The first-order valence-corrected chi connectivity index (χ1v) is 9.59. The lowest BCUT2D eigenvalue weighted by atomic mass is 10.2. The Morgan fingerprint density at radius 3 is 2.29 bits per heavy atom. The van der Waals surface area contributed by atoms with E-state index in [2.05, 4.69) is 0 Å². The zero-order chi connectivity index (χ0) is 15.6. The third-order valence-corrected chi connectivity index (χ3v) is 5.78. The highest BCUT2D eigenvalue weighted by atomic mass is 35.5. The van der Waals surface area contributed by atoms with Gasteiger partial charge in [0.15, 0.2) is 9.84 Å². The van der Waals surface area contributed by atoms with Crippen molar-refractivity contribution in [1.82, 2.24) is 0 Å². The van der Waals surface area contributed by atoms with Crippen LogP contribution in [-0.2, 0) is 26.4 Å². The van der Waals surface area contributed by atoms with Gasteiger partial charge in [0.25, 0.3) is 0 Å². The molecule has 0 amide bonds.